The van der Waals surface area contributed by atoms with E-state index >= 15 is 0 Å². The van der Waals surface area contributed by atoms with Crippen LogP contribution in [0.2, 0.25) is 0 Å². The molecule has 1 heterocycles. The van der Waals surface area contributed by atoms with Crippen LogP contribution in [-0.4, -0.2) is 36.1 Å². The maximum absolute atomic E-state index is 11.7. The van der Waals surface area contributed by atoms with Crippen LogP contribution in [0.25, 0.3) is 0 Å². The lowest BCUT2D eigenvalue weighted by Crippen LogP contribution is -2.05. The third-order valence-corrected chi connectivity index (χ3v) is 6.77. The molecule has 33 heavy (non-hydrogen) atoms. The van der Waals surface area contributed by atoms with E-state index in [2.05, 4.69) is 4.98 Å². The van der Waals surface area contributed by atoms with E-state index in [0.29, 0.717) is 17.7 Å². The Balaban J connectivity index is 1.79. The van der Waals surface area contributed by atoms with Gasteiger partial charge in [-0.25, -0.2) is 9.78 Å². The number of phenols is 1. The number of ketones is 1. The lowest BCUT2D eigenvalue weighted by molar-refractivity contribution is 0.0696. The van der Waals surface area contributed by atoms with Gasteiger partial charge in [0, 0.05) is 11.8 Å². The van der Waals surface area contributed by atoms with E-state index in [0.717, 1.165) is 18.1 Å². The smallest absolute Gasteiger partial charge is 0.335 e. The summed E-state index contributed by atoms with van der Waals surface area (Å²) in [4.78, 5) is 27.0. The Morgan fingerprint density at radius 2 is 1.76 bits per heavy atom. The molecule has 1 aromatic heterocycles. The fraction of sp³-hybridized carbons (Fsp3) is 0.208. The van der Waals surface area contributed by atoms with E-state index < -0.39 is 16.6 Å². The molecular formula is C24H25NO7S. The van der Waals surface area contributed by atoms with Gasteiger partial charge in [-0.05, 0) is 55.3 Å². The van der Waals surface area contributed by atoms with Crippen molar-refractivity contribution in [3.05, 3.63) is 77.0 Å². The number of carbonyl (C=O) groups excluding carboxylic acids is 1. The molecule has 0 radical (unpaired) electrons. The van der Waals surface area contributed by atoms with Crippen molar-refractivity contribution in [2.24, 2.45) is 0 Å². The fourth-order valence-corrected chi connectivity index (χ4v) is 4.54. The molecule has 3 rings (SSSR count). The molecule has 0 aliphatic rings. The molecule has 9 heteroatoms. The maximum Gasteiger partial charge on any atom is 0.335 e. The molecule has 0 unspecified atom stereocenters. The molecule has 0 aliphatic heterocycles. The maximum atomic E-state index is 11.7. The number of aromatic nitrogens is 1. The van der Waals surface area contributed by atoms with Crippen LogP contribution in [0, 0.1) is 0 Å². The van der Waals surface area contributed by atoms with Crippen LogP contribution in [0.4, 0.5) is 0 Å². The molecule has 0 atom stereocenters. The second kappa shape index (κ2) is 10.0. The number of pyridine rings is 1. The first-order chi connectivity index (χ1) is 15.6. The number of aromatic carboxylic acids is 1. The Hall–Kier alpha value is -3.40. The Bertz CT molecular complexity index is 1180. The van der Waals surface area contributed by atoms with Crippen LogP contribution in [0.3, 0.4) is 0 Å². The fourth-order valence-electron chi connectivity index (χ4n) is 3.28. The van der Waals surface area contributed by atoms with Crippen LogP contribution < -0.4 is 4.74 Å². The predicted molar refractivity (Wildman–Crippen MR) is 123 cm³/mol. The van der Waals surface area contributed by atoms with Gasteiger partial charge in [0.15, 0.2) is 10.8 Å². The van der Waals surface area contributed by atoms with Gasteiger partial charge in [-0.2, -0.15) is 0 Å². The van der Waals surface area contributed by atoms with Crippen molar-refractivity contribution in [3.8, 4) is 11.5 Å². The number of phenolic OH excluding ortho intramolecular Hbond substituents is 1. The molecule has 0 saturated carbocycles. The minimum atomic E-state index is -3.49. The Labute approximate surface area is 192 Å². The summed E-state index contributed by atoms with van der Waals surface area (Å²) < 4.78 is 27.2. The Kier molecular flexibility index (Phi) is 7.37. The average molecular weight is 472 g/mol. The SMILES string of the molecule is CCCc1c(OCc2ccc(S(O)(O)c3cc(C(=O)O)ccn3)cc2)ccc(C(C)=O)c1O. The van der Waals surface area contributed by atoms with Gasteiger partial charge in [-0.1, -0.05) is 25.5 Å². The van der Waals surface area contributed by atoms with Crippen molar-refractivity contribution in [2.75, 3.05) is 0 Å². The second-order valence-electron chi connectivity index (χ2n) is 7.41. The van der Waals surface area contributed by atoms with E-state index in [1.54, 1.807) is 18.2 Å². The summed E-state index contributed by atoms with van der Waals surface area (Å²) >= 11 is 0. The summed E-state index contributed by atoms with van der Waals surface area (Å²) in [6.07, 6.45) is 2.52. The summed E-state index contributed by atoms with van der Waals surface area (Å²) in [6.45, 7) is 3.51. The highest BCUT2D eigenvalue weighted by atomic mass is 32.3. The number of ether oxygens (including phenoxy) is 1. The average Bonchev–Trinajstić information content (AvgIpc) is 2.79. The summed E-state index contributed by atoms with van der Waals surface area (Å²) in [6, 6.07) is 12.0. The van der Waals surface area contributed by atoms with Crippen LogP contribution in [0.15, 0.2) is 64.6 Å². The van der Waals surface area contributed by atoms with Gasteiger partial charge in [0.25, 0.3) is 0 Å². The van der Waals surface area contributed by atoms with Gasteiger partial charge in [-0.15, -0.1) is 10.6 Å². The highest BCUT2D eigenvalue weighted by Gasteiger charge is 2.22. The van der Waals surface area contributed by atoms with Crippen LogP contribution >= 0.6 is 10.6 Å². The highest BCUT2D eigenvalue weighted by Crippen LogP contribution is 2.54. The largest absolute Gasteiger partial charge is 0.507 e. The molecule has 3 aromatic rings. The summed E-state index contributed by atoms with van der Waals surface area (Å²) in [5.41, 5.74) is 1.46. The van der Waals surface area contributed by atoms with Gasteiger partial charge in [0.1, 0.15) is 18.1 Å². The summed E-state index contributed by atoms with van der Waals surface area (Å²) in [5.74, 6) is -1.01. The first-order valence-electron chi connectivity index (χ1n) is 10.2. The molecule has 2 aromatic carbocycles. The standard InChI is InChI=1S/C24H25NO7S/c1-3-4-20-21(10-9-19(15(2)26)23(20)27)32-14-16-5-7-18(8-6-16)33(30,31)22-13-17(24(28)29)11-12-25-22/h5-13,27,30-31H,3-4,14H2,1-2H3,(H,28,29). The molecule has 0 amide bonds. The summed E-state index contributed by atoms with van der Waals surface area (Å²) in [5, 5.41) is 19.5. The first kappa shape index (κ1) is 24.2. The third kappa shape index (κ3) is 5.33. The van der Waals surface area contributed by atoms with E-state index in [1.165, 1.54) is 37.4 Å². The minimum absolute atomic E-state index is 0.0674. The molecular weight excluding hydrogens is 446 g/mol. The Morgan fingerprint density at radius 3 is 2.36 bits per heavy atom. The molecule has 8 nitrogen and oxygen atoms in total. The van der Waals surface area contributed by atoms with Gasteiger partial charge in [0.2, 0.25) is 0 Å². The number of rotatable bonds is 9. The van der Waals surface area contributed by atoms with Gasteiger partial charge in [0.05, 0.1) is 16.0 Å². The number of aromatic hydroxyl groups is 1. The zero-order valence-electron chi connectivity index (χ0n) is 18.2. The predicted octanol–water partition coefficient (Wildman–Crippen LogP) is 5.39. The van der Waals surface area contributed by atoms with Crippen molar-refractivity contribution >= 4 is 22.3 Å². The monoisotopic (exact) mass is 471 g/mol. The third-order valence-electron chi connectivity index (χ3n) is 5.04. The van der Waals surface area contributed by atoms with Gasteiger partial charge >= 0.3 is 5.97 Å². The molecule has 0 spiro atoms. The van der Waals surface area contributed by atoms with Crippen LogP contribution in [-0.2, 0) is 13.0 Å². The van der Waals surface area contributed by atoms with Gasteiger partial charge in [-0.3, -0.25) is 13.9 Å². The molecule has 0 aliphatic carbocycles. The number of hydrogen-bond donors (Lipinski definition) is 4. The number of carbonyl (C=O) groups is 2. The Morgan fingerprint density at radius 1 is 1.06 bits per heavy atom. The van der Waals surface area contributed by atoms with E-state index in [4.69, 9.17) is 9.84 Å². The number of hydrogen-bond acceptors (Lipinski definition) is 7. The summed E-state index contributed by atoms with van der Waals surface area (Å²) in [7, 11) is -3.49. The normalized spacial score (nSPS) is 11.8. The van der Waals surface area contributed by atoms with Gasteiger partial charge < -0.3 is 14.9 Å². The highest BCUT2D eigenvalue weighted by molar-refractivity contribution is 8.24. The first-order valence-corrected chi connectivity index (χ1v) is 11.7. The van der Waals surface area contributed by atoms with Crippen molar-refractivity contribution in [2.45, 2.75) is 43.2 Å². The molecule has 0 saturated heterocycles. The lowest BCUT2D eigenvalue weighted by atomic mass is 10.0. The molecule has 174 valence electrons. The molecule has 4 N–H and O–H groups in total. The lowest BCUT2D eigenvalue weighted by Gasteiger charge is -2.31. The quantitative estimate of drug-likeness (QED) is 0.305. The van der Waals surface area contributed by atoms with Crippen molar-refractivity contribution in [1.82, 2.24) is 4.98 Å². The van der Waals surface area contributed by atoms with Crippen molar-refractivity contribution < 1.29 is 33.6 Å². The van der Waals surface area contributed by atoms with Crippen LogP contribution in [0.5, 0.6) is 11.5 Å². The number of Topliss-reactive ketones (excluding diaryl/α,β-unsaturated/α-hetero) is 1. The number of carboxylic acid groups (broad SMARTS) is 1. The zero-order valence-corrected chi connectivity index (χ0v) is 19.0. The van der Waals surface area contributed by atoms with Crippen molar-refractivity contribution in [1.29, 1.82) is 0 Å². The minimum Gasteiger partial charge on any atom is -0.507 e. The van der Waals surface area contributed by atoms with E-state index in [1.807, 2.05) is 6.92 Å². The molecule has 0 bridgehead atoms. The number of benzene rings is 2. The number of nitrogens with zero attached hydrogens (tertiary/aromatic N) is 1. The second-order valence-corrected chi connectivity index (χ2v) is 9.40. The van der Waals surface area contributed by atoms with Crippen molar-refractivity contribution in [3.63, 3.8) is 0 Å². The van der Waals surface area contributed by atoms with Crippen LogP contribution in [0.1, 0.15) is 52.1 Å². The zero-order chi connectivity index (χ0) is 24.2. The van der Waals surface area contributed by atoms with E-state index in [9.17, 15) is 23.8 Å². The van der Waals surface area contributed by atoms with E-state index in [-0.39, 0.29) is 39.2 Å². The number of carboxylic acids is 1. The topological polar surface area (TPSA) is 137 Å². The molecule has 0 fully saturated rings.